The van der Waals surface area contributed by atoms with Crippen LogP contribution in [0.5, 0.6) is 5.75 Å². The second-order valence-electron chi connectivity index (χ2n) is 8.72. The molecule has 4 rings (SSSR count). The summed E-state index contributed by atoms with van der Waals surface area (Å²) in [5, 5.41) is 8.80. The maximum absolute atomic E-state index is 13.8. The van der Waals surface area contributed by atoms with Gasteiger partial charge in [0.25, 0.3) is 5.91 Å². The topological polar surface area (TPSA) is 80.0 Å². The van der Waals surface area contributed by atoms with Crippen molar-refractivity contribution in [1.29, 1.82) is 0 Å². The van der Waals surface area contributed by atoms with Crippen LogP contribution >= 0.6 is 0 Å². The third kappa shape index (κ3) is 7.58. The summed E-state index contributed by atoms with van der Waals surface area (Å²) in [5.41, 5.74) is 3.87. The third-order valence-corrected chi connectivity index (χ3v) is 5.96. The monoisotopic (exact) mass is 498 g/mol. The van der Waals surface area contributed by atoms with Gasteiger partial charge in [0, 0.05) is 36.2 Å². The zero-order chi connectivity index (χ0) is 26.7. The average molecular weight is 499 g/mol. The lowest BCUT2D eigenvalue weighted by Crippen LogP contribution is -2.30. The molecule has 37 heavy (non-hydrogen) atoms. The summed E-state index contributed by atoms with van der Waals surface area (Å²) in [5.74, 6) is -0.393. The number of carboxylic acid groups (broad SMARTS) is 1. The van der Waals surface area contributed by atoms with Gasteiger partial charge in [0.2, 0.25) is 0 Å². The molecule has 0 saturated heterocycles. The smallest absolute Gasteiger partial charge is 0.303 e. The number of rotatable bonds is 13. The maximum Gasteiger partial charge on any atom is 0.303 e. The first-order chi connectivity index (χ1) is 18.5. The Morgan fingerprint density at radius 1 is 0.865 bits per heavy atom. The fourth-order valence-corrected chi connectivity index (χ4v) is 3.99. The molecule has 0 aliphatic rings. The predicted molar refractivity (Wildman–Crippen MR) is 142 cm³/mol. The van der Waals surface area contributed by atoms with Crippen LogP contribution in [-0.2, 0) is 17.9 Å². The average Bonchev–Trinajstić information content (AvgIpc) is 3.49. The van der Waals surface area contributed by atoms with Gasteiger partial charge in [-0.2, -0.15) is 0 Å². The Morgan fingerprint density at radius 3 is 2.35 bits per heavy atom. The number of hydrogen-bond donors (Lipinski definition) is 1. The normalized spacial score (nSPS) is 11.9. The number of para-hydroxylation sites is 1. The molecule has 1 aromatic heterocycles. The maximum atomic E-state index is 13.8. The lowest BCUT2D eigenvalue weighted by atomic mass is 10.1. The molecule has 3 aromatic carbocycles. The van der Waals surface area contributed by atoms with E-state index in [2.05, 4.69) is 0 Å². The van der Waals surface area contributed by atoms with E-state index >= 15 is 0 Å². The largest absolute Gasteiger partial charge is 0.493 e. The third-order valence-electron chi connectivity index (χ3n) is 5.96. The zero-order valence-corrected chi connectivity index (χ0v) is 20.6. The Balaban J connectivity index is 1.53. The fourth-order valence-electron chi connectivity index (χ4n) is 3.99. The number of benzene rings is 3. The van der Waals surface area contributed by atoms with Crippen LogP contribution in [0.15, 0.2) is 102 Å². The van der Waals surface area contributed by atoms with Gasteiger partial charge in [-0.05, 0) is 54.7 Å². The number of furan rings is 1. The van der Waals surface area contributed by atoms with Gasteiger partial charge < -0.3 is 19.2 Å². The summed E-state index contributed by atoms with van der Waals surface area (Å²) in [6.45, 7) is -0.273. The molecule has 1 unspecified atom stereocenters. The highest BCUT2D eigenvalue weighted by molar-refractivity contribution is 5.94. The molecule has 0 aliphatic carbocycles. The van der Waals surface area contributed by atoms with Gasteiger partial charge in [-0.3, -0.25) is 9.59 Å². The van der Waals surface area contributed by atoms with Crippen molar-refractivity contribution in [3.05, 3.63) is 114 Å². The van der Waals surface area contributed by atoms with Crippen LogP contribution in [0.3, 0.4) is 0 Å². The minimum absolute atomic E-state index is 0.154. The molecule has 0 saturated carbocycles. The molecule has 1 N–H and O–H groups in total. The summed E-state index contributed by atoms with van der Waals surface area (Å²) < 4.78 is 20.2. The molecule has 6 nitrogen and oxygen atoms in total. The Bertz CT molecular complexity index is 1310. The van der Waals surface area contributed by atoms with Crippen LogP contribution in [0.1, 0.15) is 48.5 Å². The number of aliphatic carboxylic acids is 1. The summed E-state index contributed by atoms with van der Waals surface area (Å²) >= 11 is 0. The first-order valence-corrected chi connectivity index (χ1v) is 12.4. The van der Waals surface area contributed by atoms with E-state index in [0.29, 0.717) is 29.9 Å². The Labute approximate surface area is 218 Å². The minimum Gasteiger partial charge on any atom is -0.493 e. The van der Waals surface area contributed by atoms with E-state index in [4.69, 9.17) is 15.6 Å². The number of nitrogens with zero attached hydrogens (tertiary/aromatic N) is 1. The van der Waals surface area contributed by atoms with Crippen molar-refractivity contribution < 1.29 is 25.2 Å². The number of amides is 1. The van der Waals surface area contributed by atoms with Crippen LogP contribution in [0, 0.1) is 0 Å². The first kappa shape index (κ1) is 24.4. The Kier molecular flexibility index (Phi) is 8.64. The van der Waals surface area contributed by atoms with E-state index in [1.807, 2.05) is 72.8 Å². The van der Waals surface area contributed by atoms with E-state index in [0.717, 1.165) is 29.5 Å². The molecule has 0 radical (unpaired) electrons. The number of carbonyl (C=O) groups is 2. The lowest BCUT2D eigenvalue weighted by molar-refractivity contribution is -0.137. The van der Waals surface area contributed by atoms with Crippen LogP contribution in [0.2, 0.25) is 0 Å². The fraction of sp³-hybridized carbons (Fsp3) is 0.226. The molecular weight excluding hydrogens is 466 g/mol. The van der Waals surface area contributed by atoms with Crippen LogP contribution < -0.4 is 4.74 Å². The molecule has 1 amide bonds. The molecular formula is C31H31NO5. The number of ether oxygens (including phenoxy) is 1. The molecule has 0 spiro atoms. The van der Waals surface area contributed by atoms with Gasteiger partial charge in [-0.25, -0.2) is 0 Å². The SMILES string of the molecule is [2H]C(c1ccccc1)N(Cc1ccccc1OCCCCCC(=O)O)C(=O)c1ccc(-c2ccoc2)cc1. The van der Waals surface area contributed by atoms with E-state index in [-0.39, 0.29) is 18.9 Å². The van der Waals surface area contributed by atoms with Crippen molar-refractivity contribution >= 4 is 11.9 Å². The van der Waals surface area contributed by atoms with E-state index in [1.54, 1.807) is 24.7 Å². The Hall–Kier alpha value is -4.32. The minimum atomic E-state index is -0.915. The standard InChI is InChI=1S/C31H31NO5/c33-30(34)13-5-2-8-19-37-29-12-7-6-11-27(29)22-32(21-24-9-3-1-4-10-24)31(35)26-16-14-25(15-17-26)28-18-20-36-23-28/h1,3-4,6-7,9-12,14-18,20,23H,2,5,8,13,19,21-22H2,(H,33,34)/i21D. The molecule has 1 atom stereocenters. The van der Waals surface area contributed by atoms with Crippen LogP contribution in [0.25, 0.3) is 11.1 Å². The number of carbonyl (C=O) groups excluding carboxylic acids is 1. The van der Waals surface area contributed by atoms with Crippen molar-refractivity contribution in [2.75, 3.05) is 6.61 Å². The zero-order valence-electron chi connectivity index (χ0n) is 21.6. The highest BCUT2D eigenvalue weighted by Gasteiger charge is 2.19. The number of unbranched alkanes of at least 4 members (excludes halogenated alkanes) is 2. The van der Waals surface area contributed by atoms with Crippen molar-refractivity contribution in [2.24, 2.45) is 0 Å². The highest BCUT2D eigenvalue weighted by Crippen LogP contribution is 2.24. The van der Waals surface area contributed by atoms with Gasteiger partial charge in [0.1, 0.15) is 5.75 Å². The van der Waals surface area contributed by atoms with Gasteiger partial charge in [0.15, 0.2) is 0 Å². The molecule has 0 fully saturated rings. The number of carboxylic acids is 1. The lowest BCUT2D eigenvalue weighted by Gasteiger charge is -2.24. The molecule has 0 bridgehead atoms. The van der Waals surface area contributed by atoms with E-state index in [1.165, 1.54) is 4.90 Å². The second-order valence-corrected chi connectivity index (χ2v) is 8.72. The van der Waals surface area contributed by atoms with E-state index < -0.39 is 12.5 Å². The van der Waals surface area contributed by atoms with Gasteiger partial charge >= 0.3 is 5.97 Å². The molecule has 6 heteroatoms. The van der Waals surface area contributed by atoms with E-state index in [9.17, 15) is 9.59 Å². The van der Waals surface area contributed by atoms with Crippen LogP contribution in [-0.4, -0.2) is 28.5 Å². The first-order valence-electron chi connectivity index (χ1n) is 12.9. The van der Waals surface area contributed by atoms with Gasteiger partial charge in [0.05, 0.1) is 20.5 Å². The van der Waals surface area contributed by atoms with Crippen molar-refractivity contribution in [1.82, 2.24) is 4.90 Å². The van der Waals surface area contributed by atoms with Crippen molar-refractivity contribution in [2.45, 2.75) is 38.7 Å². The second kappa shape index (κ2) is 13.1. The molecule has 190 valence electrons. The number of hydrogen-bond acceptors (Lipinski definition) is 4. The van der Waals surface area contributed by atoms with Crippen LogP contribution in [0.4, 0.5) is 0 Å². The molecule has 1 heterocycles. The Morgan fingerprint density at radius 2 is 1.62 bits per heavy atom. The summed E-state index contributed by atoms with van der Waals surface area (Å²) in [6.07, 6.45) is 5.52. The summed E-state index contributed by atoms with van der Waals surface area (Å²) in [7, 11) is 0. The highest BCUT2D eigenvalue weighted by atomic mass is 16.5. The van der Waals surface area contributed by atoms with Gasteiger partial charge in [-0.15, -0.1) is 0 Å². The molecule has 4 aromatic rings. The van der Waals surface area contributed by atoms with Crippen molar-refractivity contribution in [3.63, 3.8) is 0 Å². The molecule has 0 aliphatic heterocycles. The quantitative estimate of drug-likeness (QED) is 0.205. The van der Waals surface area contributed by atoms with Gasteiger partial charge in [-0.1, -0.05) is 60.7 Å². The summed E-state index contributed by atoms with van der Waals surface area (Å²) in [4.78, 5) is 26.0. The summed E-state index contributed by atoms with van der Waals surface area (Å²) in [6, 6.07) is 26.0. The predicted octanol–water partition coefficient (Wildman–Crippen LogP) is 6.81. The van der Waals surface area contributed by atoms with Crippen molar-refractivity contribution in [3.8, 4) is 16.9 Å².